The van der Waals surface area contributed by atoms with E-state index in [4.69, 9.17) is 4.99 Å². The highest BCUT2D eigenvalue weighted by Gasteiger charge is 2.31. The second-order valence-electron chi connectivity index (χ2n) is 7.36. The van der Waals surface area contributed by atoms with E-state index < -0.39 is 12.7 Å². The van der Waals surface area contributed by atoms with Gasteiger partial charge >= 0.3 is 6.18 Å². The van der Waals surface area contributed by atoms with E-state index >= 15 is 0 Å². The zero-order valence-corrected chi connectivity index (χ0v) is 18.9. The minimum absolute atomic E-state index is 0. The quantitative estimate of drug-likeness (QED) is 0.183. The third-order valence-electron chi connectivity index (χ3n) is 4.93. The largest absolute Gasteiger partial charge is 0.401 e. The maximum atomic E-state index is 12.3. The maximum Gasteiger partial charge on any atom is 0.401 e. The Morgan fingerprint density at radius 1 is 1.19 bits per heavy atom. The van der Waals surface area contributed by atoms with Crippen molar-refractivity contribution in [1.82, 2.24) is 15.5 Å². The number of guanidine groups is 1. The van der Waals surface area contributed by atoms with Gasteiger partial charge in [0.1, 0.15) is 0 Å². The molecule has 1 aliphatic rings. The van der Waals surface area contributed by atoms with E-state index in [9.17, 15) is 18.3 Å². The van der Waals surface area contributed by atoms with Crippen LogP contribution < -0.4 is 10.6 Å². The Kier molecular flexibility index (Phi) is 13.7. The molecule has 0 unspecified atom stereocenters. The molecule has 1 aliphatic carbocycles. The molecule has 27 heavy (non-hydrogen) atoms. The third kappa shape index (κ3) is 12.0. The summed E-state index contributed by atoms with van der Waals surface area (Å²) >= 11 is 0. The summed E-state index contributed by atoms with van der Waals surface area (Å²) in [5, 5.41) is 15.8. The number of nitrogens with zero attached hydrogens (tertiary/aromatic N) is 2. The van der Waals surface area contributed by atoms with Gasteiger partial charge in [0.05, 0.1) is 6.54 Å². The smallest absolute Gasteiger partial charge is 0.396 e. The Morgan fingerprint density at radius 3 is 2.41 bits per heavy atom. The number of hydrogen-bond acceptors (Lipinski definition) is 3. The fraction of sp³-hybridized carbons (Fsp3) is 0.944. The summed E-state index contributed by atoms with van der Waals surface area (Å²) in [5.41, 5.74) is 0.0856. The van der Waals surface area contributed by atoms with Gasteiger partial charge in [-0.15, -0.1) is 24.0 Å². The van der Waals surface area contributed by atoms with Crippen molar-refractivity contribution >= 4 is 29.9 Å². The molecule has 3 N–H and O–H groups in total. The summed E-state index contributed by atoms with van der Waals surface area (Å²) in [6.45, 7) is 3.64. The molecular weight excluding hydrogens is 472 g/mol. The van der Waals surface area contributed by atoms with Gasteiger partial charge in [-0.1, -0.05) is 19.3 Å². The Hall–Kier alpha value is -0.290. The molecule has 162 valence electrons. The van der Waals surface area contributed by atoms with E-state index in [1.807, 2.05) is 6.92 Å². The van der Waals surface area contributed by atoms with Crippen LogP contribution in [0.3, 0.4) is 0 Å². The molecule has 0 aromatic heterocycles. The lowest BCUT2D eigenvalue weighted by Gasteiger charge is -2.35. The van der Waals surface area contributed by atoms with E-state index in [1.54, 1.807) is 0 Å². The Balaban J connectivity index is 0.00000676. The summed E-state index contributed by atoms with van der Waals surface area (Å²) in [6.07, 6.45) is 3.05. The molecule has 0 amide bonds. The van der Waals surface area contributed by atoms with Gasteiger partial charge in [0.2, 0.25) is 0 Å². The molecule has 0 heterocycles. The molecule has 9 heteroatoms. The Bertz CT molecular complexity index is 410. The zero-order chi connectivity index (χ0) is 19.5. The highest BCUT2D eigenvalue weighted by Crippen LogP contribution is 2.39. The molecule has 0 bridgehead atoms. The number of aliphatic imine (C=N–C) groups is 1. The van der Waals surface area contributed by atoms with E-state index in [-0.39, 0.29) is 36.0 Å². The first-order valence-electron chi connectivity index (χ1n) is 9.68. The number of aliphatic hydroxyl groups excluding tert-OH is 1. The number of nitrogens with one attached hydrogen (secondary N) is 2. The van der Waals surface area contributed by atoms with Gasteiger partial charge in [0, 0.05) is 26.2 Å². The van der Waals surface area contributed by atoms with Crippen molar-refractivity contribution in [2.45, 2.75) is 58.0 Å². The van der Waals surface area contributed by atoms with Gasteiger partial charge in [-0.2, -0.15) is 13.2 Å². The van der Waals surface area contributed by atoms with E-state index in [0.29, 0.717) is 32.0 Å². The van der Waals surface area contributed by atoms with Gasteiger partial charge in [0.15, 0.2) is 5.96 Å². The third-order valence-corrected chi connectivity index (χ3v) is 4.93. The second kappa shape index (κ2) is 13.8. The first-order valence-corrected chi connectivity index (χ1v) is 9.68. The van der Waals surface area contributed by atoms with Gasteiger partial charge < -0.3 is 15.7 Å². The molecule has 1 saturated carbocycles. The predicted octanol–water partition coefficient (Wildman–Crippen LogP) is 3.38. The molecule has 0 aliphatic heterocycles. The van der Waals surface area contributed by atoms with Gasteiger partial charge in [-0.25, -0.2) is 0 Å². The van der Waals surface area contributed by atoms with Crippen LogP contribution in [-0.4, -0.2) is 68.5 Å². The van der Waals surface area contributed by atoms with Crippen LogP contribution in [0.15, 0.2) is 4.99 Å². The topological polar surface area (TPSA) is 59.9 Å². The Morgan fingerprint density at radius 2 is 1.85 bits per heavy atom. The van der Waals surface area contributed by atoms with Crippen molar-refractivity contribution in [2.24, 2.45) is 10.4 Å². The molecule has 0 saturated heterocycles. The molecule has 0 aromatic carbocycles. The van der Waals surface area contributed by atoms with Gasteiger partial charge in [-0.05, 0) is 51.6 Å². The summed E-state index contributed by atoms with van der Waals surface area (Å²) in [6, 6.07) is 0. The van der Waals surface area contributed by atoms with E-state index in [0.717, 1.165) is 25.8 Å². The fourth-order valence-corrected chi connectivity index (χ4v) is 3.56. The number of halogens is 4. The summed E-state index contributed by atoms with van der Waals surface area (Å²) in [5.74, 6) is 0.703. The molecule has 0 spiro atoms. The molecule has 0 radical (unpaired) electrons. The second-order valence-corrected chi connectivity index (χ2v) is 7.36. The highest BCUT2D eigenvalue weighted by molar-refractivity contribution is 14.0. The van der Waals surface area contributed by atoms with Crippen LogP contribution in [0.5, 0.6) is 0 Å². The van der Waals surface area contributed by atoms with Crippen molar-refractivity contribution < 1.29 is 18.3 Å². The monoisotopic (exact) mass is 508 g/mol. The molecule has 0 aromatic rings. The van der Waals surface area contributed by atoms with Crippen molar-refractivity contribution in [3.63, 3.8) is 0 Å². The molecule has 1 fully saturated rings. The number of alkyl halides is 3. The average Bonchev–Trinajstić information content (AvgIpc) is 2.56. The van der Waals surface area contributed by atoms with Crippen molar-refractivity contribution in [3.05, 3.63) is 0 Å². The predicted molar refractivity (Wildman–Crippen MR) is 115 cm³/mol. The number of hydrogen-bond donors (Lipinski definition) is 3. The van der Waals surface area contributed by atoms with Gasteiger partial charge in [-0.3, -0.25) is 9.89 Å². The van der Waals surface area contributed by atoms with Gasteiger partial charge in [0.25, 0.3) is 0 Å². The lowest BCUT2D eigenvalue weighted by Crippen LogP contribution is -2.40. The minimum atomic E-state index is -4.15. The molecular formula is C18H36F3IN4O. The van der Waals surface area contributed by atoms with Crippen molar-refractivity contribution in [2.75, 3.05) is 46.4 Å². The van der Waals surface area contributed by atoms with Crippen LogP contribution in [0.25, 0.3) is 0 Å². The van der Waals surface area contributed by atoms with Crippen LogP contribution in [0.2, 0.25) is 0 Å². The highest BCUT2D eigenvalue weighted by atomic mass is 127. The minimum Gasteiger partial charge on any atom is -0.396 e. The summed E-state index contributed by atoms with van der Waals surface area (Å²) < 4.78 is 36.9. The zero-order valence-electron chi connectivity index (χ0n) is 16.6. The first-order chi connectivity index (χ1) is 12.3. The van der Waals surface area contributed by atoms with E-state index in [1.165, 1.54) is 31.2 Å². The maximum absolute atomic E-state index is 12.3. The number of aliphatic hydroxyl groups is 1. The van der Waals surface area contributed by atoms with Crippen LogP contribution in [0.1, 0.15) is 51.9 Å². The normalized spacial score (nSPS) is 17.5. The van der Waals surface area contributed by atoms with Crippen LogP contribution in [0, 0.1) is 5.41 Å². The fourth-order valence-electron chi connectivity index (χ4n) is 3.56. The molecule has 0 atom stereocenters. The number of rotatable bonds is 10. The molecule has 1 rings (SSSR count). The van der Waals surface area contributed by atoms with Crippen molar-refractivity contribution in [1.29, 1.82) is 0 Å². The standard InChI is InChI=1S/C18H35F3N4O.HI/c1-3-22-16(23-11-7-12-25(2)15-18(19,20)21)24-14-17(10-13-26)8-5-4-6-9-17;/h26H,3-15H2,1-2H3,(H2,22,23,24);1H. The lowest BCUT2D eigenvalue weighted by atomic mass is 9.72. The van der Waals surface area contributed by atoms with E-state index in [2.05, 4.69) is 10.6 Å². The average molecular weight is 508 g/mol. The SMILES string of the molecule is CCNC(=NCC1(CCO)CCCCC1)NCCCN(C)CC(F)(F)F.I. The van der Waals surface area contributed by atoms with Crippen LogP contribution in [0.4, 0.5) is 13.2 Å². The molecule has 5 nitrogen and oxygen atoms in total. The summed E-state index contributed by atoms with van der Waals surface area (Å²) in [7, 11) is 1.48. The Labute approximate surface area is 178 Å². The van der Waals surface area contributed by atoms with Crippen LogP contribution in [-0.2, 0) is 0 Å². The summed E-state index contributed by atoms with van der Waals surface area (Å²) in [4.78, 5) is 5.98. The van der Waals surface area contributed by atoms with Crippen LogP contribution >= 0.6 is 24.0 Å². The van der Waals surface area contributed by atoms with Crippen molar-refractivity contribution in [3.8, 4) is 0 Å². The first kappa shape index (κ1) is 26.7. The lowest BCUT2D eigenvalue weighted by molar-refractivity contribution is -0.143.